The molecule has 6 nitrogen and oxygen atoms in total. The molecule has 1 unspecified atom stereocenters. The van der Waals surface area contributed by atoms with Gasteiger partial charge >= 0.3 is 0 Å². The minimum absolute atomic E-state index is 0.121. The second-order valence-corrected chi connectivity index (χ2v) is 7.13. The topological polar surface area (TPSA) is 75.0 Å². The van der Waals surface area contributed by atoms with Crippen molar-refractivity contribution in [2.45, 2.75) is 38.6 Å². The van der Waals surface area contributed by atoms with Gasteiger partial charge in [-0.25, -0.2) is 4.39 Å². The van der Waals surface area contributed by atoms with Gasteiger partial charge in [-0.1, -0.05) is 31.1 Å². The van der Waals surface area contributed by atoms with E-state index in [2.05, 4.69) is 15.4 Å². The summed E-state index contributed by atoms with van der Waals surface area (Å²) in [4.78, 5) is 15.0. The summed E-state index contributed by atoms with van der Waals surface area (Å²) >= 11 is 0. The SMILES string of the molecule is CC(C)c1cc(C2CCCN2C(=O)c2cn[nH]c2-c2cccc(F)c2)no1. The van der Waals surface area contributed by atoms with Gasteiger partial charge in [-0.05, 0) is 25.0 Å². The number of hydrogen-bond donors (Lipinski definition) is 1. The summed E-state index contributed by atoms with van der Waals surface area (Å²) in [6.07, 6.45) is 3.23. The van der Waals surface area contributed by atoms with Crippen LogP contribution in [0.2, 0.25) is 0 Å². The zero-order valence-electron chi connectivity index (χ0n) is 15.3. The van der Waals surface area contributed by atoms with E-state index in [0.717, 1.165) is 24.3 Å². The molecule has 1 aliphatic heterocycles. The minimum Gasteiger partial charge on any atom is -0.361 e. The summed E-state index contributed by atoms with van der Waals surface area (Å²) in [5.74, 6) is 0.557. The van der Waals surface area contributed by atoms with Crippen molar-refractivity contribution in [1.82, 2.24) is 20.3 Å². The van der Waals surface area contributed by atoms with Crippen LogP contribution in [0, 0.1) is 5.82 Å². The van der Waals surface area contributed by atoms with Crippen molar-refractivity contribution in [3.63, 3.8) is 0 Å². The fourth-order valence-corrected chi connectivity index (χ4v) is 3.52. The van der Waals surface area contributed by atoms with Crippen molar-refractivity contribution in [3.8, 4) is 11.3 Å². The second-order valence-electron chi connectivity index (χ2n) is 7.13. The molecule has 1 aliphatic rings. The molecule has 1 aromatic carbocycles. The zero-order chi connectivity index (χ0) is 19.0. The Balaban J connectivity index is 1.63. The lowest BCUT2D eigenvalue weighted by atomic mass is 10.1. The summed E-state index contributed by atoms with van der Waals surface area (Å²) in [5, 5.41) is 11.0. The number of amides is 1. The molecule has 140 valence electrons. The van der Waals surface area contributed by atoms with Gasteiger partial charge in [-0.2, -0.15) is 5.10 Å². The smallest absolute Gasteiger partial charge is 0.258 e. The highest BCUT2D eigenvalue weighted by Gasteiger charge is 2.34. The standard InChI is InChI=1S/C20H21FN4O2/c1-12(2)18-10-16(24-27-18)17-7-4-8-25(17)20(26)15-11-22-23-19(15)13-5-3-6-14(21)9-13/h3,5-6,9-12,17H,4,7-8H2,1-2H3,(H,22,23). The molecular weight excluding hydrogens is 347 g/mol. The Morgan fingerprint density at radius 3 is 2.96 bits per heavy atom. The third-order valence-corrected chi connectivity index (χ3v) is 4.95. The predicted octanol–water partition coefficient (Wildman–Crippen LogP) is 4.30. The molecule has 0 bridgehead atoms. The summed E-state index contributed by atoms with van der Waals surface area (Å²) in [5.41, 5.74) is 2.32. The predicted molar refractivity (Wildman–Crippen MR) is 97.6 cm³/mol. The monoisotopic (exact) mass is 368 g/mol. The number of nitrogens with zero attached hydrogens (tertiary/aromatic N) is 3. The largest absolute Gasteiger partial charge is 0.361 e. The molecule has 2 aromatic heterocycles. The van der Waals surface area contributed by atoms with Gasteiger partial charge in [0.15, 0.2) is 0 Å². The minimum atomic E-state index is -0.358. The van der Waals surface area contributed by atoms with Crippen LogP contribution in [-0.4, -0.2) is 32.7 Å². The lowest BCUT2D eigenvalue weighted by Crippen LogP contribution is -2.30. The fourth-order valence-electron chi connectivity index (χ4n) is 3.52. The van der Waals surface area contributed by atoms with Gasteiger partial charge in [0.25, 0.3) is 5.91 Å². The molecule has 0 spiro atoms. The van der Waals surface area contributed by atoms with Crippen LogP contribution in [-0.2, 0) is 0 Å². The molecule has 1 fully saturated rings. The summed E-state index contributed by atoms with van der Waals surface area (Å²) in [7, 11) is 0. The zero-order valence-corrected chi connectivity index (χ0v) is 15.3. The van der Waals surface area contributed by atoms with E-state index in [1.807, 2.05) is 19.9 Å². The lowest BCUT2D eigenvalue weighted by molar-refractivity contribution is 0.0731. The number of nitrogens with one attached hydrogen (secondary N) is 1. The van der Waals surface area contributed by atoms with E-state index in [1.165, 1.54) is 18.3 Å². The van der Waals surface area contributed by atoms with E-state index >= 15 is 0 Å². The number of carbonyl (C=O) groups excluding carboxylic acids is 1. The summed E-state index contributed by atoms with van der Waals surface area (Å²) in [6, 6.07) is 7.93. The number of H-pyrrole nitrogens is 1. The van der Waals surface area contributed by atoms with E-state index in [4.69, 9.17) is 4.52 Å². The third kappa shape index (κ3) is 3.25. The maximum absolute atomic E-state index is 13.6. The number of halogens is 1. The van der Waals surface area contributed by atoms with Gasteiger partial charge in [0, 0.05) is 24.1 Å². The van der Waals surface area contributed by atoms with Crippen LogP contribution >= 0.6 is 0 Å². The van der Waals surface area contributed by atoms with Crippen LogP contribution in [0.15, 0.2) is 41.1 Å². The van der Waals surface area contributed by atoms with E-state index < -0.39 is 0 Å². The molecule has 1 atom stereocenters. The molecule has 7 heteroatoms. The van der Waals surface area contributed by atoms with Gasteiger partial charge in [-0.3, -0.25) is 9.89 Å². The van der Waals surface area contributed by atoms with Crippen molar-refractivity contribution >= 4 is 5.91 Å². The molecule has 1 saturated heterocycles. The highest BCUT2D eigenvalue weighted by atomic mass is 19.1. The summed E-state index contributed by atoms with van der Waals surface area (Å²) in [6.45, 7) is 4.72. The molecule has 27 heavy (non-hydrogen) atoms. The van der Waals surface area contributed by atoms with Gasteiger partial charge < -0.3 is 9.42 Å². The first kappa shape index (κ1) is 17.5. The van der Waals surface area contributed by atoms with Crippen molar-refractivity contribution in [3.05, 3.63) is 59.4 Å². The molecule has 3 aromatic rings. The quantitative estimate of drug-likeness (QED) is 0.745. The Morgan fingerprint density at radius 1 is 1.37 bits per heavy atom. The van der Waals surface area contributed by atoms with Gasteiger partial charge in [0.1, 0.15) is 17.3 Å². The first-order valence-corrected chi connectivity index (χ1v) is 9.11. The average Bonchev–Trinajstić information content (AvgIpc) is 3.40. The van der Waals surface area contributed by atoms with Gasteiger partial charge in [0.2, 0.25) is 0 Å². The van der Waals surface area contributed by atoms with E-state index in [0.29, 0.717) is 23.4 Å². The van der Waals surface area contributed by atoms with Crippen LogP contribution in [0.3, 0.4) is 0 Å². The number of aromatic amines is 1. The highest BCUT2D eigenvalue weighted by molar-refractivity contribution is 6.00. The van der Waals surface area contributed by atoms with Gasteiger partial charge in [-0.15, -0.1) is 0 Å². The molecule has 0 radical (unpaired) electrons. The first-order valence-electron chi connectivity index (χ1n) is 9.11. The molecule has 4 rings (SSSR count). The highest BCUT2D eigenvalue weighted by Crippen LogP contribution is 2.35. The Bertz CT molecular complexity index is 962. The number of likely N-dealkylation sites (tertiary alicyclic amines) is 1. The maximum atomic E-state index is 13.6. The third-order valence-electron chi connectivity index (χ3n) is 4.95. The first-order chi connectivity index (χ1) is 13.0. The molecular formula is C20H21FN4O2. The average molecular weight is 368 g/mol. The number of rotatable bonds is 4. The van der Waals surface area contributed by atoms with E-state index in [-0.39, 0.29) is 23.7 Å². The number of carbonyl (C=O) groups is 1. The fraction of sp³-hybridized carbons (Fsp3) is 0.350. The molecule has 0 saturated carbocycles. The van der Waals surface area contributed by atoms with Crippen molar-refractivity contribution in [2.24, 2.45) is 0 Å². The van der Waals surface area contributed by atoms with Crippen molar-refractivity contribution in [2.75, 3.05) is 6.54 Å². The Kier molecular flexibility index (Phi) is 4.51. The molecule has 3 heterocycles. The van der Waals surface area contributed by atoms with E-state index in [9.17, 15) is 9.18 Å². The van der Waals surface area contributed by atoms with E-state index in [1.54, 1.807) is 17.0 Å². The second kappa shape index (κ2) is 6.98. The van der Waals surface area contributed by atoms with Crippen LogP contribution < -0.4 is 0 Å². The Labute approximate surface area is 156 Å². The molecule has 1 N–H and O–H groups in total. The van der Waals surface area contributed by atoms with Crippen molar-refractivity contribution in [1.29, 1.82) is 0 Å². The van der Waals surface area contributed by atoms with Crippen LogP contribution in [0.4, 0.5) is 4.39 Å². The molecule has 0 aliphatic carbocycles. The van der Waals surface area contributed by atoms with Crippen LogP contribution in [0.25, 0.3) is 11.3 Å². The molecule has 1 amide bonds. The van der Waals surface area contributed by atoms with Crippen LogP contribution in [0.5, 0.6) is 0 Å². The maximum Gasteiger partial charge on any atom is 0.258 e. The number of hydrogen-bond acceptors (Lipinski definition) is 4. The lowest BCUT2D eigenvalue weighted by Gasteiger charge is -2.23. The normalized spacial score (nSPS) is 17.0. The summed E-state index contributed by atoms with van der Waals surface area (Å²) < 4.78 is 19.0. The van der Waals surface area contributed by atoms with Crippen molar-refractivity contribution < 1.29 is 13.7 Å². The van der Waals surface area contributed by atoms with Crippen LogP contribution in [0.1, 0.15) is 60.5 Å². The Morgan fingerprint density at radius 2 is 2.22 bits per heavy atom. The number of benzene rings is 1. The Hall–Kier alpha value is -2.96. The number of aromatic nitrogens is 3. The van der Waals surface area contributed by atoms with Gasteiger partial charge in [0.05, 0.1) is 23.5 Å².